The average Bonchev–Trinajstić information content (AvgIpc) is 3.21. The molecule has 0 unspecified atom stereocenters. The number of aromatic nitrogens is 3. The summed E-state index contributed by atoms with van der Waals surface area (Å²) in [7, 11) is 0. The highest BCUT2D eigenvalue weighted by molar-refractivity contribution is 5.89. The van der Waals surface area contributed by atoms with Crippen LogP contribution in [0.15, 0.2) is 41.3 Å². The van der Waals surface area contributed by atoms with Gasteiger partial charge in [0.05, 0.1) is 111 Å². The van der Waals surface area contributed by atoms with Gasteiger partial charge in [-0.3, -0.25) is 14.5 Å². The van der Waals surface area contributed by atoms with Crippen molar-refractivity contribution in [1.29, 1.82) is 0 Å². The highest BCUT2D eigenvalue weighted by Crippen LogP contribution is 2.18. The summed E-state index contributed by atoms with van der Waals surface area (Å²) in [6.07, 6.45) is 4.09. The van der Waals surface area contributed by atoms with Crippen molar-refractivity contribution in [2.45, 2.75) is 39.3 Å². The van der Waals surface area contributed by atoms with Crippen molar-refractivity contribution in [1.82, 2.24) is 24.3 Å². The minimum Gasteiger partial charge on any atom is -0.379 e. The topological polar surface area (TPSA) is 200 Å². The Morgan fingerprint density at radius 2 is 1.21 bits per heavy atom. The average molecular weight is 801 g/mol. The fourth-order valence-electron chi connectivity index (χ4n) is 6.02. The van der Waals surface area contributed by atoms with E-state index in [1.807, 2.05) is 11.0 Å². The minimum absolute atomic E-state index is 0.110. The van der Waals surface area contributed by atoms with Gasteiger partial charge in [0.1, 0.15) is 11.2 Å². The molecular weight excluding hydrogens is 736 g/mol. The van der Waals surface area contributed by atoms with Gasteiger partial charge in [0.25, 0.3) is 5.56 Å². The number of nitrogens with two attached hydrogens (primary N) is 2. The number of piperazine rings is 1. The van der Waals surface area contributed by atoms with E-state index < -0.39 is 0 Å². The number of anilines is 2. The van der Waals surface area contributed by atoms with Gasteiger partial charge in [-0.15, -0.1) is 0 Å². The first-order valence-electron chi connectivity index (χ1n) is 20.2. The van der Waals surface area contributed by atoms with Crippen LogP contribution < -0.4 is 22.3 Å². The van der Waals surface area contributed by atoms with E-state index in [0.717, 1.165) is 38.0 Å². The van der Waals surface area contributed by atoms with E-state index in [0.29, 0.717) is 148 Å². The molecule has 3 heterocycles. The Hall–Kier alpha value is -3.78. The van der Waals surface area contributed by atoms with Gasteiger partial charge in [-0.25, -0.2) is 4.98 Å². The lowest BCUT2D eigenvalue weighted by molar-refractivity contribution is -0.134. The number of nitrogens with zero attached hydrogens (tertiary/aromatic N) is 5. The molecule has 2 aromatic heterocycles. The van der Waals surface area contributed by atoms with Gasteiger partial charge < -0.3 is 59.4 Å². The van der Waals surface area contributed by atoms with Crippen LogP contribution in [0.1, 0.15) is 37.3 Å². The van der Waals surface area contributed by atoms with Crippen LogP contribution in [0.3, 0.4) is 0 Å². The van der Waals surface area contributed by atoms with Gasteiger partial charge in [0.15, 0.2) is 0 Å². The van der Waals surface area contributed by atoms with Crippen molar-refractivity contribution >= 4 is 28.6 Å². The summed E-state index contributed by atoms with van der Waals surface area (Å²) in [5.74, 6) is 0.730. The number of fused-ring (bicyclic) bond motifs is 1. The van der Waals surface area contributed by atoms with Crippen LogP contribution in [-0.4, -0.2) is 162 Å². The van der Waals surface area contributed by atoms with Crippen molar-refractivity contribution in [3.63, 3.8) is 0 Å². The van der Waals surface area contributed by atoms with Gasteiger partial charge in [-0.05, 0) is 23.6 Å². The van der Waals surface area contributed by atoms with Crippen LogP contribution in [0.25, 0.3) is 10.9 Å². The molecule has 3 aromatic rings. The number of hydrogen-bond donors (Lipinski definition) is 3. The SMILES string of the molecule is CCCCNc1nc(N)nc2ccn(Cc3ccc(CN4CCN(C(=O)CCOCCOCCOCCOCCOCCOCCOCCN)CC4)cc3)c(=O)c12. The Morgan fingerprint density at radius 1 is 0.702 bits per heavy atom. The molecule has 0 radical (unpaired) electrons. The Bertz CT molecular complexity index is 1610. The Morgan fingerprint density at radius 3 is 1.74 bits per heavy atom. The molecule has 4 rings (SSSR count). The fraction of sp³-hybridized carbons (Fsp3) is 0.650. The van der Waals surface area contributed by atoms with Crippen LogP contribution in [0.4, 0.5) is 11.8 Å². The lowest BCUT2D eigenvalue weighted by atomic mass is 10.1. The van der Waals surface area contributed by atoms with E-state index in [1.165, 1.54) is 5.56 Å². The molecular formula is C40H64N8O9. The first kappa shape index (κ1) is 45.9. The van der Waals surface area contributed by atoms with Gasteiger partial charge in [-0.2, -0.15) is 4.98 Å². The minimum atomic E-state index is -0.155. The number of hydrogen-bond acceptors (Lipinski definition) is 15. The predicted molar refractivity (Wildman–Crippen MR) is 218 cm³/mol. The fourth-order valence-corrected chi connectivity index (χ4v) is 6.02. The summed E-state index contributed by atoms with van der Waals surface area (Å²) >= 11 is 0. The number of pyridine rings is 1. The summed E-state index contributed by atoms with van der Waals surface area (Å²) < 4.78 is 39.9. The second-order valence-electron chi connectivity index (χ2n) is 13.5. The molecule has 57 heavy (non-hydrogen) atoms. The highest BCUT2D eigenvalue weighted by atomic mass is 16.6. The summed E-state index contributed by atoms with van der Waals surface area (Å²) in [5, 5.41) is 3.71. The zero-order valence-corrected chi connectivity index (χ0v) is 33.7. The standard InChI is InChI=1S/C40H64N8O9/c1-2-3-11-43-38-37-35(44-40(42)45-38)8-12-48(39(37)50)32-34-6-4-33(5-7-34)31-46-13-15-47(16-14-46)36(49)9-17-51-19-21-53-23-25-55-27-29-57-30-28-56-26-24-54-22-20-52-18-10-41/h4-8,12H,2-3,9-11,13-32,41H2,1H3,(H3,42,43,44,45). The summed E-state index contributed by atoms with van der Waals surface area (Å²) in [6, 6.07) is 10.1. The molecule has 17 nitrogen and oxygen atoms in total. The van der Waals surface area contributed by atoms with Gasteiger partial charge >= 0.3 is 0 Å². The van der Waals surface area contributed by atoms with Gasteiger partial charge in [0.2, 0.25) is 11.9 Å². The molecule has 5 N–H and O–H groups in total. The molecule has 318 valence electrons. The molecule has 1 fully saturated rings. The Labute approximate surface area is 336 Å². The number of carbonyl (C=O) groups is 1. The van der Waals surface area contributed by atoms with E-state index >= 15 is 0 Å². The van der Waals surface area contributed by atoms with Crippen LogP contribution in [-0.2, 0) is 51.0 Å². The van der Waals surface area contributed by atoms with E-state index in [4.69, 9.17) is 44.6 Å². The van der Waals surface area contributed by atoms with Crippen LogP contribution in [0.5, 0.6) is 0 Å². The molecule has 0 saturated carbocycles. The monoisotopic (exact) mass is 800 g/mol. The number of unbranched alkanes of at least 4 members (excludes halogenated alkanes) is 1. The first-order chi connectivity index (χ1) is 28.0. The normalized spacial score (nSPS) is 13.5. The van der Waals surface area contributed by atoms with Gasteiger partial charge in [0, 0.05) is 52.0 Å². The summed E-state index contributed by atoms with van der Waals surface area (Å²) in [6.45, 7) is 14.4. The van der Waals surface area contributed by atoms with Crippen LogP contribution in [0, 0.1) is 0 Å². The molecule has 17 heteroatoms. The van der Waals surface area contributed by atoms with Crippen molar-refractivity contribution in [3.8, 4) is 0 Å². The Kier molecular flexibility index (Phi) is 22.4. The van der Waals surface area contributed by atoms with Crippen molar-refractivity contribution in [2.75, 3.05) is 143 Å². The number of carbonyl (C=O) groups excluding carboxylic acids is 1. The third kappa shape index (κ3) is 17.7. The molecule has 1 aromatic carbocycles. The lowest BCUT2D eigenvalue weighted by Crippen LogP contribution is -2.48. The van der Waals surface area contributed by atoms with Crippen LogP contribution >= 0.6 is 0 Å². The third-order valence-electron chi connectivity index (χ3n) is 9.13. The molecule has 1 amide bonds. The number of amides is 1. The number of benzene rings is 1. The zero-order chi connectivity index (χ0) is 40.3. The van der Waals surface area contributed by atoms with Crippen molar-refractivity contribution in [3.05, 3.63) is 58.0 Å². The molecule has 1 aliphatic heterocycles. The molecule has 1 aliphatic rings. The molecule has 0 atom stereocenters. The highest BCUT2D eigenvalue weighted by Gasteiger charge is 2.21. The van der Waals surface area contributed by atoms with E-state index in [1.54, 1.807) is 10.8 Å². The largest absolute Gasteiger partial charge is 0.379 e. The third-order valence-corrected chi connectivity index (χ3v) is 9.13. The molecule has 0 bridgehead atoms. The lowest BCUT2D eigenvalue weighted by Gasteiger charge is -2.34. The maximum absolute atomic E-state index is 13.5. The maximum atomic E-state index is 13.5. The Balaban J connectivity index is 0.988. The molecule has 1 saturated heterocycles. The maximum Gasteiger partial charge on any atom is 0.264 e. The molecule has 0 aliphatic carbocycles. The van der Waals surface area contributed by atoms with Gasteiger partial charge in [-0.1, -0.05) is 37.6 Å². The van der Waals surface area contributed by atoms with Crippen molar-refractivity contribution in [2.24, 2.45) is 5.73 Å². The molecule has 0 spiro atoms. The predicted octanol–water partition coefficient (Wildman–Crippen LogP) is 1.74. The van der Waals surface area contributed by atoms with E-state index in [9.17, 15) is 9.59 Å². The smallest absolute Gasteiger partial charge is 0.264 e. The van der Waals surface area contributed by atoms with E-state index in [2.05, 4.69) is 51.4 Å². The van der Waals surface area contributed by atoms with Crippen molar-refractivity contribution < 1.29 is 38.0 Å². The number of nitrogens with one attached hydrogen (secondary N) is 1. The summed E-state index contributed by atoms with van der Waals surface area (Å²) in [4.78, 5) is 39.1. The second kappa shape index (κ2) is 27.8. The number of ether oxygens (including phenoxy) is 7. The number of rotatable bonds is 31. The van der Waals surface area contributed by atoms with E-state index in [-0.39, 0.29) is 17.4 Å². The second-order valence-corrected chi connectivity index (χ2v) is 13.5. The summed E-state index contributed by atoms with van der Waals surface area (Å²) in [5.41, 5.74) is 13.8. The van der Waals surface area contributed by atoms with Crippen LogP contribution in [0.2, 0.25) is 0 Å². The quantitative estimate of drug-likeness (QED) is 0.0795. The number of nitrogen functional groups attached to an aromatic ring is 1. The first-order valence-corrected chi connectivity index (χ1v) is 20.2. The zero-order valence-electron chi connectivity index (χ0n) is 33.7.